The molecule has 6 heteroatoms. The van der Waals surface area contributed by atoms with Crippen molar-refractivity contribution in [3.8, 4) is 34.3 Å². The number of aromatic nitrogens is 2. The fraction of sp³-hybridized carbons (Fsp3) is 0.167. The van der Waals surface area contributed by atoms with Crippen LogP contribution in [0.3, 0.4) is 0 Å². The average molecular weight is 400 g/mol. The molecule has 4 rings (SSSR count). The first-order valence-electron chi connectivity index (χ1n) is 9.49. The van der Waals surface area contributed by atoms with Gasteiger partial charge in [-0.25, -0.2) is 8.91 Å². The molecule has 0 unspecified atom stereocenters. The fourth-order valence-corrected chi connectivity index (χ4v) is 3.95. The Morgan fingerprint density at radius 2 is 1.77 bits per heavy atom. The number of benzene rings is 2. The van der Waals surface area contributed by atoms with E-state index in [9.17, 15) is 9.65 Å². The first kappa shape index (κ1) is 19.5. The Hall–Kier alpha value is -3.85. The minimum atomic E-state index is -0.308. The van der Waals surface area contributed by atoms with Crippen LogP contribution in [-0.4, -0.2) is 16.7 Å². The summed E-state index contributed by atoms with van der Waals surface area (Å²) >= 11 is 0. The standard InChI is InChI=1S/C24H21FN4O/c1-13-5-10-20(30-4)15(3)21(13)24-22(27)18(12-26)19-11-14(2)23(28-29(19)24)16-6-8-17(25)9-7-16/h5-11H,27H2,1-4H3. The maximum atomic E-state index is 13.4. The number of nitrogens with two attached hydrogens (primary N) is 1. The maximum absolute atomic E-state index is 13.4. The third-order valence-corrected chi connectivity index (χ3v) is 5.46. The Balaban J connectivity index is 2.11. The Bertz CT molecular complexity index is 1330. The van der Waals surface area contributed by atoms with E-state index in [0.29, 0.717) is 28.2 Å². The predicted octanol–water partition coefficient (Wildman–Crippen LogP) is 5.20. The lowest BCUT2D eigenvalue weighted by atomic mass is 9.98. The number of nitrogen functional groups attached to an aromatic ring is 1. The molecule has 0 spiro atoms. The molecular weight excluding hydrogens is 379 g/mol. The lowest BCUT2D eigenvalue weighted by Gasteiger charge is -2.15. The van der Waals surface area contributed by atoms with Crippen molar-refractivity contribution in [2.45, 2.75) is 20.8 Å². The van der Waals surface area contributed by atoms with Gasteiger partial charge in [-0.15, -0.1) is 0 Å². The number of fused-ring (bicyclic) bond motifs is 1. The first-order chi connectivity index (χ1) is 14.4. The highest BCUT2D eigenvalue weighted by atomic mass is 19.1. The minimum absolute atomic E-state index is 0.308. The molecule has 150 valence electrons. The molecule has 0 saturated heterocycles. The van der Waals surface area contributed by atoms with E-state index in [1.807, 2.05) is 39.0 Å². The van der Waals surface area contributed by atoms with Crippen molar-refractivity contribution in [3.05, 3.63) is 70.5 Å². The summed E-state index contributed by atoms with van der Waals surface area (Å²) in [6, 6.07) is 14.2. The summed E-state index contributed by atoms with van der Waals surface area (Å²) in [5.41, 5.74) is 13.7. The number of ether oxygens (including phenoxy) is 1. The predicted molar refractivity (Wildman–Crippen MR) is 116 cm³/mol. The van der Waals surface area contributed by atoms with Crippen LogP contribution in [0.15, 0.2) is 42.5 Å². The van der Waals surface area contributed by atoms with E-state index in [2.05, 4.69) is 6.07 Å². The normalized spacial score (nSPS) is 10.9. The van der Waals surface area contributed by atoms with Gasteiger partial charge in [0.25, 0.3) is 0 Å². The second kappa shape index (κ2) is 7.20. The van der Waals surface area contributed by atoms with Gasteiger partial charge in [0.2, 0.25) is 0 Å². The molecule has 0 aliphatic carbocycles. The number of nitrogens with zero attached hydrogens (tertiary/aromatic N) is 3. The molecule has 4 aromatic rings. The van der Waals surface area contributed by atoms with E-state index in [4.69, 9.17) is 15.6 Å². The molecule has 0 fully saturated rings. The smallest absolute Gasteiger partial charge is 0.123 e. The largest absolute Gasteiger partial charge is 0.496 e. The number of nitriles is 1. The lowest BCUT2D eigenvalue weighted by molar-refractivity contribution is 0.412. The molecule has 0 aliphatic rings. The van der Waals surface area contributed by atoms with Gasteiger partial charge in [-0.2, -0.15) is 10.4 Å². The SMILES string of the molecule is COc1ccc(C)c(-c2c(N)c(C#N)c3cc(C)c(-c4ccc(F)cc4)nn23)c1C. The van der Waals surface area contributed by atoms with Crippen LogP contribution in [0.25, 0.3) is 28.0 Å². The number of hydrogen-bond donors (Lipinski definition) is 1. The van der Waals surface area contributed by atoms with Crippen molar-refractivity contribution < 1.29 is 9.13 Å². The van der Waals surface area contributed by atoms with Crippen molar-refractivity contribution in [2.75, 3.05) is 12.8 Å². The lowest BCUT2D eigenvalue weighted by Crippen LogP contribution is -2.03. The van der Waals surface area contributed by atoms with Gasteiger partial charge in [0, 0.05) is 16.7 Å². The van der Waals surface area contributed by atoms with Gasteiger partial charge in [0.15, 0.2) is 0 Å². The van der Waals surface area contributed by atoms with E-state index >= 15 is 0 Å². The van der Waals surface area contributed by atoms with Crippen LogP contribution in [0.4, 0.5) is 10.1 Å². The number of halogens is 1. The maximum Gasteiger partial charge on any atom is 0.123 e. The molecule has 2 heterocycles. The van der Waals surface area contributed by atoms with Gasteiger partial charge in [-0.05, 0) is 68.3 Å². The van der Waals surface area contributed by atoms with Crippen molar-refractivity contribution in [3.63, 3.8) is 0 Å². The summed E-state index contributed by atoms with van der Waals surface area (Å²) in [6.45, 7) is 5.86. The van der Waals surface area contributed by atoms with Gasteiger partial charge < -0.3 is 10.5 Å². The molecular formula is C24H21FN4O. The first-order valence-corrected chi connectivity index (χ1v) is 9.49. The zero-order chi connectivity index (χ0) is 21.6. The summed E-state index contributed by atoms with van der Waals surface area (Å²) in [6.07, 6.45) is 0. The molecule has 5 nitrogen and oxygen atoms in total. The molecule has 0 aliphatic heterocycles. The highest BCUT2D eigenvalue weighted by Gasteiger charge is 2.23. The van der Waals surface area contributed by atoms with Crippen LogP contribution in [-0.2, 0) is 0 Å². The number of anilines is 1. The molecule has 0 radical (unpaired) electrons. The van der Waals surface area contributed by atoms with Crippen LogP contribution in [0.5, 0.6) is 5.75 Å². The van der Waals surface area contributed by atoms with Gasteiger partial charge in [-0.3, -0.25) is 0 Å². The van der Waals surface area contributed by atoms with Crippen molar-refractivity contribution in [1.29, 1.82) is 5.26 Å². The zero-order valence-electron chi connectivity index (χ0n) is 17.2. The summed E-state index contributed by atoms with van der Waals surface area (Å²) < 4.78 is 20.6. The van der Waals surface area contributed by atoms with Crippen LogP contribution in [0.2, 0.25) is 0 Å². The molecule has 0 amide bonds. The molecule has 2 aromatic carbocycles. The average Bonchev–Trinajstić information content (AvgIpc) is 2.99. The summed E-state index contributed by atoms with van der Waals surface area (Å²) in [4.78, 5) is 0. The third kappa shape index (κ3) is 2.87. The Morgan fingerprint density at radius 1 is 1.07 bits per heavy atom. The fourth-order valence-electron chi connectivity index (χ4n) is 3.95. The van der Waals surface area contributed by atoms with Gasteiger partial charge in [0.1, 0.15) is 23.2 Å². The van der Waals surface area contributed by atoms with Crippen LogP contribution in [0, 0.1) is 37.9 Å². The van der Waals surface area contributed by atoms with E-state index in [1.165, 1.54) is 12.1 Å². The van der Waals surface area contributed by atoms with Gasteiger partial charge >= 0.3 is 0 Å². The van der Waals surface area contributed by atoms with E-state index in [-0.39, 0.29) is 5.82 Å². The molecule has 2 N–H and O–H groups in total. The van der Waals surface area contributed by atoms with Crippen molar-refractivity contribution >= 4 is 11.2 Å². The Kier molecular flexibility index (Phi) is 4.67. The van der Waals surface area contributed by atoms with E-state index < -0.39 is 0 Å². The van der Waals surface area contributed by atoms with Crippen molar-refractivity contribution in [1.82, 2.24) is 9.61 Å². The topological polar surface area (TPSA) is 76.3 Å². The Labute approximate surface area is 174 Å². The van der Waals surface area contributed by atoms with E-state index in [1.54, 1.807) is 23.8 Å². The van der Waals surface area contributed by atoms with Crippen molar-refractivity contribution in [2.24, 2.45) is 0 Å². The summed E-state index contributed by atoms with van der Waals surface area (Å²) in [5, 5.41) is 14.6. The van der Waals surface area contributed by atoms with Gasteiger partial charge in [0.05, 0.1) is 29.7 Å². The minimum Gasteiger partial charge on any atom is -0.496 e. The summed E-state index contributed by atoms with van der Waals surface area (Å²) in [5.74, 6) is 0.423. The van der Waals surface area contributed by atoms with Crippen LogP contribution >= 0.6 is 0 Å². The molecule has 0 atom stereocenters. The highest BCUT2D eigenvalue weighted by molar-refractivity contribution is 5.90. The summed E-state index contributed by atoms with van der Waals surface area (Å²) in [7, 11) is 1.62. The number of hydrogen-bond acceptors (Lipinski definition) is 4. The van der Waals surface area contributed by atoms with E-state index in [0.717, 1.165) is 33.6 Å². The zero-order valence-corrected chi connectivity index (χ0v) is 17.2. The third-order valence-electron chi connectivity index (χ3n) is 5.46. The molecule has 30 heavy (non-hydrogen) atoms. The second-order valence-corrected chi connectivity index (χ2v) is 7.31. The molecule has 2 aromatic heterocycles. The van der Waals surface area contributed by atoms with Gasteiger partial charge in [-0.1, -0.05) is 6.07 Å². The molecule has 0 saturated carbocycles. The second-order valence-electron chi connectivity index (χ2n) is 7.31. The molecule has 0 bridgehead atoms. The van der Waals surface area contributed by atoms with Crippen LogP contribution < -0.4 is 10.5 Å². The monoisotopic (exact) mass is 400 g/mol. The number of rotatable bonds is 3. The Morgan fingerprint density at radius 3 is 2.40 bits per heavy atom. The van der Waals surface area contributed by atoms with Crippen LogP contribution in [0.1, 0.15) is 22.3 Å². The highest BCUT2D eigenvalue weighted by Crippen LogP contribution is 2.40. The quantitative estimate of drug-likeness (QED) is 0.513. The number of aryl methyl sites for hydroxylation is 2. The number of methoxy groups -OCH3 is 1.